The van der Waals surface area contributed by atoms with E-state index in [0.717, 1.165) is 41.9 Å². The van der Waals surface area contributed by atoms with E-state index < -0.39 is 0 Å². The van der Waals surface area contributed by atoms with E-state index in [4.69, 9.17) is 0 Å². The van der Waals surface area contributed by atoms with Gasteiger partial charge in [-0.3, -0.25) is 4.79 Å². The molecule has 1 heterocycles. The van der Waals surface area contributed by atoms with Gasteiger partial charge in [-0.1, -0.05) is 22.0 Å². The largest absolute Gasteiger partial charge is 0.392 e. The van der Waals surface area contributed by atoms with Gasteiger partial charge in [-0.15, -0.1) is 0 Å². The van der Waals surface area contributed by atoms with E-state index >= 15 is 0 Å². The Balaban J connectivity index is 2.14. The fourth-order valence-electron chi connectivity index (χ4n) is 2.23. The molecule has 0 aliphatic carbocycles. The lowest BCUT2D eigenvalue weighted by Gasteiger charge is -2.36. The van der Waals surface area contributed by atoms with Gasteiger partial charge in [0.15, 0.2) is 0 Å². The van der Waals surface area contributed by atoms with Gasteiger partial charge < -0.3 is 14.9 Å². The highest BCUT2D eigenvalue weighted by molar-refractivity contribution is 9.10. The number of halogens is 1. The van der Waals surface area contributed by atoms with Gasteiger partial charge >= 0.3 is 0 Å². The summed E-state index contributed by atoms with van der Waals surface area (Å²) < 4.78 is 1.00. The molecule has 0 bridgehead atoms. The van der Waals surface area contributed by atoms with Crippen LogP contribution in [0.5, 0.6) is 0 Å². The first-order valence-electron chi connectivity index (χ1n) is 6.01. The van der Waals surface area contributed by atoms with Crippen molar-refractivity contribution in [3.63, 3.8) is 0 Å². The highest BCUT2D eigenvalue weighted by Crippen LogP contribution is 2.26. The molecule has 1 aliphatic heterocycles. The molecule has 0 aromatic heterocycles. The number of carbonyl (C=O) groups is 1. The molecule has 98 valence electrons. The van der Waals surface area contributed by atoms with Crippen LogP contribution in [0.2, 0.25) is 0 Å². The maximum absolute atomic E-state index is 11.3. The van der Waals surface area contributed by atoms with Crippen LogP contribution in [0.4, 0.5) is 5.69 Å². The van der Waals surface area contributed by atoms with E-state index in [2.05, 4.69) is 20.8 Å². The van der Waals surface area contributed by atoms with Crippen molar-refractivity contribution in [2.24, 2.45) is 0 Å². The first-order chi connectivity index (χ1) is 8.61. The molecule has 1 aromatic rings. The number of anilines is 1. The second-order valence-electron chi connectivity index (χ2n) is 4.42. The molecule has 1 fully saturated rings. The number of aliphatic hydroxyl groups excluding tert-OH is 1. The number of carbonyl (C=O) groups excluding carboxylic acids is 1. The summed E-state index contributed by atoms with van der Waals surface area (Å²) in [4.78, 5) is 15.4. The molecule has 1 amide bonds. The number of rotatable bonds is 2. The van der Waals surface area contributed by atoms with Crippen LogP contribution >= 0.6 is 15.9 Å². The van der Waals surface area contributed by atoms with Gasteiger partial charge in [-0.05, 0) is 12.1 Å². The molecule has 0 unspecified atom stereocenters. The molecule has 2 rings (SSSR count). The highest BCUT2D eigenvalue weighted by Gasteiger charge is 2.20. The number of amides is 1. The average molecular weight is 313 g/mol. The Morgan fingerprint density at radius 2 is 2.00 bits per heavy atom. The number of hydrogen-bond donors (Lipinski definition) is 1. The van der Waals surface area contributed by atoms with Crippen molar-refractivity contribution < 1.29 is 9.90 Å². The van der Waals surface area contributed by atoms with Crippen molar-refractivity contribution in [3.05, 3.63) is 28.2 Å². The maximum Gasteiger partial charge on any atom is 0.219 e. The zero-order chi connectivity index (χ0) is 13.1. The van der Waals surface area contributed by atoms with Gasteiger partial charge in [-0.2, -0.15) is 0 Å². The minimum absolute atomic E-state index is 0.0372. The summed E-state index contributed by atoms with van der Waals surface area (Å²) in [5.41, 5.74) is 1.98. The maximum atomic E-state index is 11.3. The van der Waals surface area contributed by atoms with Gasteiger partial charge in [0.2, 0.25) is 5.91 Å². The first-order valence-corrected chi connectivity index (χ1v) is 6.81. The lowest BCUT2D eigenvalue weighted by Crippen LogP contribution is -2.48. The first kappa shape index (κ1) is 13.4. The van der Waals surface area contributed by atoms with Crippen LogP contribution in [0, 0.1) is 0 Å². The summed E-state index contributed by atoms with van der Waals surface area (Å²) in [6.07, 6.45) is 0. The Morgan fingerprint density at radius 3 is 2.56 bits per heavy atom. The number of benzene rings is 1. The zero-order valence-corrected chi connectivity index (χ0v) is 12.0. The SMILES string of the molecule is CC(=O)N1CCN(c2cc(Br)ccc2CO)CC1. The monoisotopic (exact) mass is 312 g/mol. The van der Waals surface area contributed by atoms with Crippen LogP contribution in [-0.4, -0.2) is 42.1 Å². The minimum Gasteiger partial charge on any atom is -0.392 e. The fourth-order valence-corrected chi connectivity index (χ4v) is 2.58. The van der Waals surface area contributed by atoms with Crippen molar-refractivity contribution in [2.45, 2.75) is 13.5 Å². The Kier molecular flexibility index (Phi) is 4.24. The van der Waals surface area contributed by atoms with Gasteiger partial charge in [0.1, 0.15) is 0 Å². The molecule has 0 atom stereocenters. The van der Waals surface area contributed by atoms with Crippen molar-refractivity contribution >= 4 is 27.5 Å². The summed E-state index contributed by atoms with van der Waals surface area (Å²) >= 11 is 3.45. The van der Waals surface area contributed by atoms with Crippen LogP contribution in [0.3, 0.4) is 0 Å². The van der Waals surface area contributed by atoms with Gasteiger partial charge in [0.05, 0.1) is 6.61 Å². The Morgan fingerprint density at radius 1 is 1.33 bits per heavy atom. The fraction of sp³-hybridized carbons (Fsp3) is 0.462. The smallest absolute Gasteiger partial charge is 0.219 e. The second kappa shape index (κ2) is 5.71. The molecule has 1 aliphatic rings. The number of aliphatic hydroxyl groups is 1. The van der Waals surface area contributed by atoms with Crippen LogP contribution in [-0.2, 0) is 11.4 Å². The van der Waals surface area contributed by atoms with Crippen LogP contribution in [0.15, 0.2) is 22.7 Å². The summed E-state index contributed by atoms with van der Waals surface area (Å²) in [5.74, 6) is 0.131. The molecule has 0 saturated carbocycles. The van der Waals surface area contributed by atoms with Crippen LogP contribution < -0.4 is 4.90 Å². The highest BCUT2D eigenvalue weighted by atomic mass is 79.9. The summed E-state index contributed by atoms with van der Waals surface area (Å²) in [6.45, 7) is 4.74. The Hall–Kier alpha value is -1.07. The Bertz CT molecular complexity index is 443. The molecule has 18 heavy (non-hydrogen) atoms. The van der Waals surface area contributed by atoms with Gasteiger partial charge in [-0.25, -0.2) is 0 Å². The van der Waals surface area contributed by atoms with Crippen LogP contribution in [0.25, 0.3) is 0 Å². The Labute approximate surface area is 115 Å². The standard InChI is InChI=1S/C13H17BrN2O2/c1-10(18)15-4-6-16(7-5-15)13-8-12(14)3-2-11(13)9-17/h2-3,8,17H,4-7,9H2,1H3. The molecule has 5 heteroatoms. The number of piperazine rings is 1. The molecule has 1 saturated heterocycles. The molecule has 4 nitrogen and oxygen atoms in total. The second-order valence-corrected chi connectivity index (χ2v) is 5.34. The summed E-state index contributed by atoms with van der Waals surface area (Å²) in [6, 6.07) is 5.88. The van der Waals surface area contributed by atoms with Crippen molar-refractivity contribution in [1.82, 2.24) is 4.90 Å². The van der Waals surface area contributed by atoms with E-state index in [9.17, 15) is 9.90 Å². The molecular weight excluding hydrogens is 296 g/mol. The molecule has 0 radical (unpaired) electrons. The van der Waals surface area contributed by atoms with Gasteiger partial charge in [0.25, 0.3) is 0 Å². The quantitative estimate of drug-likeness (QED) is 0.902. The predicted octanol–water partition coefficient (Wildman–Crippen LogP) is 1.61. The normalized spacial score (nSPS) is 15.9. The van der Waals surface area contributed by atoms with Crippen molar-refractivity contribution in [2.75, 3.05) is 31.1 Å². The molecule has 1 N–H and O–H groups in total. The molecule has 1 aromatic carbocycles. The third kappa shape index (κ3) is 2.84. The summed E-state index contributed by atoms with van der Waals surface area (Å²) in [5, 5.41) is 9.37. The van der Waals surface area contributed by atoms with E-state index in [1.807, 2.05) is 23.1 Å². The molecule has 0 spiro atoms. The lowest BCUT2D eigenvalue weighted by atomic mass is 10.1. The van der Waals surface area contributed by atoms with Crippen molar-refractivity contribution in [3.8, 4) is 0 Å². The summed E-state index contributed by atoms with van der Waals surface area (Å²) in [7, 11) is 0. The lowest BCUT2D eigenvalue weighted by molar-refractivity contribution is -0.129. The third-order valence-electron chi connectivity index (χ3n) is 3.28. The average Bonchev–Trinajstić information content (AvgIpc) is 2.39. The van der Waals surface area contributed by atoms with E-state index in [1.54, 1.807) is 6.92 Å². The van der Waals surface area contributed by atoms with E-state index in [0.29, 0.717) is 0 Å². The van der Waals surface area contributed by atoms with E-state index in [-0.39, 0.29) is 12.5 Å². The van der Waals surface area contributed by atoms with E-state index in [1.165, 1.54) is 0 Å². The van der Waals surface area contributed by atoms with Gasteiger partial charge in [0, 0.05) is 48.8 Å². The number of nitrogens with zero attached hydrogens (tertiary/aromatic N) is 2. The number of hydrogen-bond acceptors (Lipinski definition) is 3. The topological polar surface area (TPSA) is 43.8 Å². The zero-order valence-electron chi connectivity index (χ0n) is 10.4. The predicted molar refractivity (Wildman–Crippen MR) is 74.5 cm³/mol. The van der Waals surface area contributed by atoms with Crippen LogP contribution in [0.1, 0.15) is 12.5 Å². The molecular formula is C13H17BrN2O2. The third-order valence-corrected chi connectivity index (χ3v) is 3.78. The minimum atomic E-state index is 0.0372. The van der Waals surface area contributed by atoms with Crippen molar-refractivity contribution in [1.29, 1.82) is 0 Å².